The molecule has 2 rings (SSSR count). The second kappa shape index (κ2) is 6.44. The number of hydrogen-bond donors (Lipinski definition) is 1. The molecule has 1 N–H and O–H groups in total. The summed E-state index contributed by atoms with van der Waals surface area (Å²) in [7, 11) is 1.95. The van der Waals surface area contributed by atoms with Crippen LogP contribution in [0, 0.1) is 13.8 Å². The highest BCUT2D eigenvalue weighted by molar-refractivity contribution is 5.27. The molecule has 0 aliphatic rings. The summed E-state index contributed by atoms with van der Waals surface area (Å²) in [6.07, 6.45) is 0.986. The predicted octanol–water partition coefficient (Wildman–Crippen LogP) is 3.31. The lowest BCUT2D eigenvalue weighted by molar-refractivity contribution is 0.175. The van der Waals surface area contributed by atoms with Gasteiger partial charge in [0.1, 0.15) is 0 Å². The molecule has 0 aliphatic carbocycles. The van der Waals surface area contributed by atoms with Crippen molar-refractivity contribution in [3.8, 4) is 0 Å². The van der Waals surface area contributed by atoms with E-state index in [4.69, 9.17) is 0 Å². The van der Waals surface area contributed by atoms with E-state index < -0.39 is 0 Å². The van der Waals surface area contributed by atoms with E-state index in [9.17, 15) is 5.11 Å². The summed E-state index contributed by atoms with van der Waals surface area (Å²) in [6.45, 7) is 8.45. The summed E-state index contributed by atoms with van der Waals surface area (Å²) in [4.78, 5) is 0. The van der Waals surface area contributed by atoms with Crippen molar-refractivity contribution in [3.63, 3.8) is 0 Å². The Kier molecular flexibility index (Phi) is 4.84. The van der Waals surface area contributed by atoms with Crippen LogP contribution < -0.4 is 0 Å². The van der Waals surface area contributed by atoms with Gasteiger partial charge in [0.05, 0.1) is 11.8 Å². The van der Waals surface area contributed by atoms with Crippen molar-refractivity contribution in [2.45, 2.75) is 52.6 Å². The van der Waals surface area contributed by atoms with Gasteiger partial charge in [-0.25, -0.2) is 0 Å². The summed E-state index contributed by atoms with van der Waals surface area (Å²) in [5.74, 6) is 0.546. The third-order valence-electron chi connectivity index (χ3n) is 4.22. The monoisotopic (exact) mass is 286 g/mol. The van der Waals surface area contributed by atoms with Gasteiger partial charge in [0, 0.05) is 19.2 Å². The molecule has 1 unspecified atom stereocenters. The van der Waals surface area contributed by atoms with E-state index in [0.29, 0.717) is 18.8 Å². The number of aliphatic hydroxyl groups excluding tert-OH is 1. The Labute approximate surface area is 127 Å². The SMILES string of the molecule is Cc1nn(C)c(C)c1CC(O)Cc1ccc(C(C)C)cc1. The first kappa shape index (κ1) is 15.8. The molecule has 1 aromatic heterocycles. The number of benzene rings is 1. The fraction of sp³-hybridized carbons (Fsp3) is 0.500. The number of aromatic nitrogens is 2. The molecular formula is C18H26N2O. The topological polar surface area (TPSA) is 38.0 Å². The van der Waals surface area contributed by atoms with Crippen molar-refractivity contribution >= 4 is 0 Å². The van der Waals surface area contributed by atoms with Gasteiger partial charge in [0.15, 0.2) is 0 Å². The van der Waals surface area contributed by atoms with Crippen LogP contribution >= 0.6 is 0 Å². The molecule has 1 aromatic carbocycles. The van der Waals surface area contributed by atoms with Crippen LogP contribution in [0.3, 0.4) is 0 Å². The minimum atomic E-state index is -0.364. The highest BCUT2D eigenvalue weighted by atomic mass is 16.3. The highest BCUT2D eigenvalue weighted by Crippen LogP contribution is 2.18. The fourth-order valence-corrected chi connectivity index (χ4v) is 2.73. The highest BCUT2D eigenvalue weighted by Gasteiger charge is 2.14. The summed E-state index contributed by atoms with van der Waals surface area (Å²) in [5.41, 5.74) is 5.85. The van der Waals surface area contributed by atoms with Crippen molar-refractivity contribution in [1.29, 1.82) is 0 Å². The first-order valence-electron chi connectivity index (χ1n) is 7.64. The normalized spacial score (nSPS) is 12.9. The van der Waals surface area contributed by atoms with E-state index in [2.05, 4.69) is 50.1 Å². The minimum absolute atomic E-state index is 0.364. The summed E-state index contributed by atoms with van der Waals surface area (Å²) >= 11 is 0. The van der Waals surface area contributed by atoms with Gasteiger partial charge in [0.2, 0.25) is 0 Å². The van der Waals surface area contributed by atoms with Crippen molar-refractivity contribution in [3.05, 3.63) is 52.3 Å². The first-order chi connectivity index (χ1) is 9.88. The maximum atomic E-state index is 10.4. The molecule has 0 fully saturated rings. The maximum Gasteiger partial charge on any atom is 0.0629 e. The largest absolute Gasteiger partial charge is 0.392 e. The van der Waals surface area contributed by atoms with Gasteiger partial charge in [-0.05, 0) is 42.9 Å². The van der Waals surface area contributed by atoms with E-state index >= 15 is 0 Å². The molecule has 0 spiro atoms. The quantitative estimate of drug-likeness (QED) is 0.915. The molecule has 1 atom stereocenters. The van der Waals surface area contributed by atoms with Crippen molar-refractivity contribution in [2.24, 2.45) is 7.05 Å². The summed E-state index contributed by atoms with van der Waals surface area (Å²) < 4.78 is 1.88. The zero-order chi connectivity index (χ0) is 15.6. The van der Waals surface area contributed by atoms with E-state index in [1.54, 1.807) is 0 Å². The van der Waals surface area contributed by atoms with Gasteiger partial charge < -0.3 is 5.11 Å². The van der Waals surface area contributed by atoms with Crippen LogP contribution in [0.15, 0.2) is 24.3 Å². The molecule has 0 saturated heterocycles. The van der Waals surface area contributed by atoms with E-state index in [1.165, 1.54) is 16.7 Å². The number of hydrogen-bond acceptors (Lipinski definition) is 2. The van der Waals surface area contributed by atoms with E-state index in [-0.39, 0.29) is 6.10 Å². The van der Waals surface area contributed by atoms with E-state index in [0.717, 1.165) is 11.4 Å². The third kappa shape index (κ3) is 3.73. The van der Waals surface area contributed by atoms with Crippen molar-refractivity contribution in [2.75, 3.05) is 0 Å². The number of nitrogens with zero attached hydrogens (tertiary/aromatic N) is 2. The van der Waals surface area contributed by atoms with Gasteiger partial charge in [0.25, 0.3) is 0 Å². The van der Waals surface area contributed by atoms with Gasteiger partial charge in [-0.2, -0.15) is 5.10 Å². The van der Waals surface area contributed by atoms with Crippen molar-refractivity contribution in [1.82, 2.24) is 9.78 Å². The molecule has 0 saturated carbocycles. The molecule has 1 heterocycles. The molecule has 114 valence electrons. The fourth-order valence-electron chi connectivity index (χ4n) is 2.73. The van der Waals surface area contributed by atoms with Crippen LogP contribution in [0.2, 0.25) is 0 Å². The molecule has 0 radical (unpaired) electrons. The van der Waals surface area contributed by atoms with Crippen LogP contribution in [0.4, 0.5) is 0 Å². The molecule has 0 bridgehead atoms. The third-order valence-corrected chi connectivity index (χ3v) is 4.22. The Morgan fingerprint density at radius 3 is 2.19 bits per heavy atom. The smallest absolute Gasteiger partial charge is 0.0629 e. The van der Waals surface area contributed by atoms with Crippen LogP contribution in [-0.4, -0.2) is 21.0 Å². The Bertz CT molecular complexity index is 596. The summed E-state index contributed by atoms with van der Waals surface area (Å²) in [5, 5.41) is 14.8. The van der Waals surface area contributed by atoms with Gasteiger partial charge >= 0.3 is 0 Å². The van der Waals surface area contributed by atoms with Crippen LogP contribution in [0.1, 0.15) is 47.8 Å². The predicted molar refractivity (Wildman–Crippen MR) is 86.6 cm³/mol. The molecule has 0 amide bonds. The Hall–Kier alpha value is -1.61. The first-order valence-corrected chi connectivity index (χ1v) is 7.64. The average Bonchev–Trinajstić information content (AvgIpc) is 2.66. The molecule has 21 heavy (non-hydrogen) atoms. The van der Waals surface area contributed by atoms with Crippen molar-refractivity contribution < 1.29 is 5.11 Å². The number of aliphatic hydroxyl groups is 1. The standard InChI is InChI=1S/C18H26N2O/c1-12(2)16-8-6-15(7-9-16)10-17(21)11-18-13(3)19-20(5)14(18)4/h6-9,12,17,21H,10-11H2,1-5H3. The molecule has 3 nitrogen and oxygen atoms in total. The zero-order valence-corrected chi connectivity index (χ0v) is 13.7. The molecule has 0 aliphatic heterocycles. The summed E-state index contributed by atoms with van der Waals surface area (Å²) in [6, 6.07) is 8.57. The number of aryl methyl sites for hydroxylation is 2. The van der Waals surface area contributed by atoms with Gasteiger partial charge in [-0.15, -0.1) is 0 Å². The molecular weight excluding hydrogens is 260 g/mol. The second-order valence-corrected chi connectivity index (χ2v) is 6.23. The second-order valence-electron chi connectivity index (χ2n) is 6.23. The Morgan fingerprint density at radius 1 is 1.10 bits per heavy atom. The van der Waals surface area contributed by atoms with Gasteiger partial charge in [-0.3, -0.25) is 4.68 Å². The molecule has 2 aromatic rings. The van der Waals surface area contributed by atoms with Crippen LogP contribution in [0.5, 0.6) is 0 Å². The van der Waals surface area contributed by atoms with Gasteiger partial charge in [-0.1, -0.05) is 38.1 Å². The number of rotatable bonds is 5. The Morgan fingerprint density at radius 2 is 1.71 bits per heavy atom. The zero-order valence-electron chi connectivity index (χ0n) is 13.7. The molecule has 3 heteroatoms. The lowest BCUT2D eigenvalue weighted by Gasteiger charge is -2.12. The average molecular weight is 286 g/mol. The van der Waals surface area contributed by atoms with Crippen LogP contribution in [-0.2, 0) is 19.9 Å². The lowest BCUT2D eigenvalue weighted by Crippen LogP contribution is -2.15. The maximum absolute atomic E-state index is 10.4. The lowest BCUT2D eigenvalue weighted by atomic mass is 9.97. The van der Waals surface area contributed by atoms with E-state index in [1.807, 2.05) is 18.7 Å². The van der Waals surface area contributed by atoms with Crippen LogP contribution in [0.25, 0.3) is 0 Å². The minimum Gasteiger partial charge on any atom is -0.392 e. The Balaban J connectivity index is 2.02.